The average Bonchev–Trinajstić information content (AvgIpc) is 3.54. The summed E-state index contributed by atoms with van der Waals surface area (Å²) in [5, 5.41) is 0. The largest absolute Gasteiger partial charge is 0.459 e. The van der Waals surface area contributed by atoms with Crippen LogP contribution in [0.1, 0.15) is 26.7 Å². The van der Waals surface area contributed by atoms with Gasteiger partial charge in [-0.25, -0.2) is 4.79 Å². The Bertz CT molecular complexity index is 1180. The topological polar surface area (TPSA) is 93.2 Å². The number of halogens is 3. The van der Waals surface area contributed by atoms with E-state index < -0.39 is 30.2 Å². The lowest BCUT2D eigenvalue weighted by molar-refractivity contribution is -0.137. The van der Waals surface area contributed by atoms with E-state index in [1.807, 2.05) is 0 Å². The maximum absolute atomic E-state index is 12.9. The van der Waals surface area contributed by atoms with Crippen LogP contribution in [0.2, 0.25) is 0 Å². The van der Waals surface area contributed by atoms with Gasteiger partial charge >= 0.3 is 12.1 Å². The van der Waals surface area contributed by atoms with Crippen LogP contribution in [0, 0.1) is 0 Å². The van der Waals surface area contributed by atoms with E-state index in [2.05, 4.69) is 0 Å². The molecule has 1 aliphatic rings. The van der Waals surface area contributed by atoms with Gasteiger partial charge in [0.1, 0.15) is 5.76 Å². The molecular weight excluding hydrogens is 457 g/mol. The van der Waals surface area contributed by atoms with Gasteiger partial charge in [0.2, 0.25) is 5.76 Å². The molecule has 0 unspecified atom stereocenters. The molecule has 3 heterocycles. The second kappa shape index (κ2) is 9.46. The lowest BCUT2D eigenvalue weighted by Crippen LogP contribution is -2.51. The third-order valence-electron chi connectivity index (χ3n) is 5.26. The molecule has 1 aromatic carbocycles. The van der Waals surface area contributed by atoms with Gasteiger partial charge in [0, 0.05) is 31.7 Å². The van der Waals surface area contributed by atoms with Crippen molar-refractivity contribution in [3.63, 3.8) is 0 Å². The number of ether oxygens (including phenoxy) is 1. The molecule has 2 amide bonds. The van der Waals surface area contributed by atoms with Gasteiger partial charge in [0.25, 0.3) is 11.8 Å². The first-order valence-electron chi connectivity index (χ1n) is 10.3. The van der Waals surface area contributed by atoms with Crippen molar-refractivity contribution >= 4 is 17.8 Å². The number of carbonyl (C=O) groups excluding carboxylic acids is 3. The molecule has 2 aromatic heterocycles. The SMILES string of the molecule is O=C(OCC(=O)N1CCN(C(=O)c2ccco2)CC1)c1ccc(-c2cccc(C(F)(F)F)c2)o1. The second-order valence-corrected chi connectivity index (χ2v) is 7.47. The Morgan fingerprint density at radius 2 is 1.65 bits per heavy atom. The molecule has 8 nitrogen and oxygen atoms in total. The summed E-state index contributed by atoms with van der Waals surface area (Å²) in [6.07, 6.45) is -3.11. The van der Waals surface area contributed by atoms with Gasteiger partial charge < -0.3 is 23.4 Å². The third kappa shape index (κ3) is 5.13. The van der Waals surface area contributed by atoms with E-state index in [0.29, 0.717) is 13.1 Å². The van der Waals surface area contributed by atoms with E-state index in [1.54, 1.807) is 17.0 Å². The normalized spacial score (nSPS) is 14.2. The van der Waals surface area contributed by atoms with Gasteiger partial charge in [0.05, 0.1) is 11.8 Å². The van der Waals surface area contributed by atoms with Crippen molar-refractivity contribution in [1.29, 1.82) is 0 Å². The second-order valence-electron chi connectivity index (χ2n) is 7.47. The van der Waals surface area contributed by atoms with Crippen molar-refractivity contribution in [1.82, 2.24) is 9.80 Å². The van der Waals surface area contributed by atoms with Crippen molar-refractivity contribution in [2.45, 2.75) is 6.18 Å². The van der Waals surface area contributed by atoms with E-state index in [9.17, 15) is 27.6 Å². The summed E-state index contributed by atoms with van der Waals surface area (Å²) in [5.41, 5.74) is -0.700. The molecule has 1 saturated heterocycles. The summed E-state index contributed by atoms with van der Waals surface area (Å²) < 4.78 is 54.2. The minimum Gasteiger partial charge on any atom is -0.459 e. The Balaban J connectivity index is 1.29. The summed E-state index contributed by atoms with van der Waals surface area (Å²) in [5.74, 6) is -1.59. The number of furan rings is 2. The molecule has 0 atom stereocenters. The monoisotopic (exact) mass is 476 g/mol. The zero-order valence-electron chi connectivity index (χ0n) is 17.7. The smallest absolute Gasteiger partial charge is 0.416 e. The first-order chi connectivity index (χ1) is 16.2. The first kappa shape index (κ1) is 23.1. The number of carbonyl (C=O) groups is 3. The number of amides is 2. The van der Waals surface area contributed by atoms with Crippen LogP contribution in [0.4, 0.5) is 13.2 Å². The molecule has 0 spiro atoms. The number of nitrogens with zero attached hydrogens (tertiary/aromatic N) is 2. The van der Waals surface area contributed by atoms with E-state index in [1.165, 1.54) is 35.4 Å². The molecule has 4 rings (SSSR count). The predicted molar refractivity (Wildman–Crippen MR) is 111 cm³/mol. The van der Waals surface area contributed by atoms with Gasteiger partial charge in [0.15, 0.2) is 12.4 Å². The fourth-order valence-corrected chi connectivity index (χ4v) is 3.46. The number of hydrogen-bond acceptors (Lipinski definition) is 6. The van der Waals surface area contributed by atoms with Crippen LogP contribution < -0.4 is 0 Å². The summed E-state index contributed by atoms with van der Waals surface area (Å²) in [7, 11) is 0. The number of hydrogen-bond donors (Lipinski definition) is 0. The Kier molecular flexibility index (Phi) is 6.44. The Morgan fingerprint density at radius 1 is 0.912 bits per heavy atom. The molecule has 0 bridgehead atoms. The van der Waals surface area contributed by atoms with Crippen molar-refractivity contribution in [2.75, 3.05) is 32.8 Å². The summed E-state index contributed by atoms with van der Waals surface area (Å²) in [4.78, 5) is 39.9. The fraction of sp³-hybridized carbons (Fsp3) is 0.261. The highest BCUT2D eigenvalue weighted by molar-refractivity contribution is 5.92. The average molecular weight is 476 g/mol. The lowest BCUT2D eigenvalue weighted by atomic mass is 10.1. The zero-order valence-corrected chi connectivity index (χ0v) is 17.7. The van der Waals surface area contributed by atoms with E-state index in [-0.39, 0.29) is 41.8 Å². The van der Waals surface area contributed by atoms with E-state index in [4.69, 9.17) is 13.6 Å². The maximum atomic E-state index is 12.9. The molecule has 0 saturated carbocycles. The molecule has 1 aliphatic heterocycles. The number of esters is 1. The summed E-state index contributed by atoms with van der Waals surface area (Å²) in [6, 6.07) is 10.3. The Labute approximate surface area is 191 Å². The maximum Gasteiger partial charge on any atom is 0.416 e. The quantitative estimate of drug-likeness (QED) is 0.522. The van der Waals surface area contributed by atoms with E-state index >= 15 is 0 Å². The molecule has 11 heteroatoms. The number of rotatable bonds is 5. The number of alkyl halides is 3. The molecule has 3 aromatic rings. The molecule has 178 valence electrons. The Morgan fingerprint density at radius 3 is 2.32 bits per heavy atom. The summed E-state index contributed by atoms with van der Waals surface area (Å²) >= 11 is 0. The third-order valence-corrected chi connectivity index (χ3v) is 5.26. The highest BCUT2D eigenvalue weighted by Gasteiger charge is 2.31. The molecule has 0 radical (unpaired) electrons. The van der Waals surface area contributed by atoms with Crippen LogP contribution in [0.15, 0.2) is 63.6 Å². The van der Waals surface area contributed by atoms with Crippen molar-refractivity contribution in [2.24, 2.45) is 0 Å². The minimum atomic E-state index is -4.51. The highest BCUT2D eigenvalue weighted by atomic mass is 19.4. The van der Waals surface area contributed by atoms with Gasteiger partial charge in [-0.3, -0.25) is 9.59 Å². The van der Waals surface area contributed by atoms with Crippen molar-refractivity contribution in [3.05, 3.63) is 71.9 Å². The molecule has 34 heavy (non-hydrogen) atoms. The van der Waals surface area contributed by atoms with Gasteiger partial charge in [-0.15, -0.1) is 0 Å². The van der Waals surface area contributed by atoms with Crippen LogP contribution in [0.25, 0.3) is 11.3 Å². The standard InChI is InChI=1S/C23H19F3N2O6/c24-23(25,26)16-4-1-3-15(13-16)17-6-7-19(34-17)22(31)33-14-20(29)27-8-10-28(11-9-27)21(30)18-5-2-12-32-18/h1-7,12-13H,8-11,14H2. The van der Waals surface area contributed by atoms with Crippen molar-refractivity contribution in [3.8, 4) is 11.3 Å². The minimum absolute atomic E-state index is 0.0572. The predicted octanol–water partition coefficient (Wildman–Crippen LogP) is 3.70. The molecule has 1 fully saturated rings. The molecular formula is C23H19F3N2O6. The number of benzene rings is 1. The first-order valence-corrected chi connectivity index (χ1v) is 10.3. The Hall–Kier alpha value is -4.02. The molecule has 0 aliphatic carbocycles. The van der Waals surface area contributed by atoms with Gasteiger partial charge in [-0.05, 0) is 36.4 Å². The molecule has 0 N–H and O–H groups in total. The number of piperazine rings is 1. The van der Waals surface area contributed by atoms with Crippen LogP contribution in [0.3, 0.4) is 0 Å². The van der Waals surface area contributed by atoms with Crippen LogP contribution >= 0.6 is 0 Å². The van der Waals surface area contributed by atoms with Crippen LogP contribution in [0.5, 0.6) is 0 Å². The van der Waals surface area contributed by atoms with Crippen LogP contribution in [-0.4, -0.2) is 60.4 Å². The summed E-state index contributed by atoms with van der Waals surface area (Å²) in [6.45, 7) is 0.604. The van der Waals surface area contributed by atoms with Gasteiger partial charge in [-0.1, -0.05) is 12.1 Å². The van der Waals surface area contributed by atoms with E-state index in [0.717, 1.165) is 12.1 Å². The van der Waals surface area contributed by atoms with Gasteiger partial charge in [-0.2, -0.15) is 13.2 Å². The van der Waals surface area contributed by atoms with Crippen LogP contribution in [-0.2, 0) is 15.7 Å². The zero-order chi connectivity index (χ0) is 24.3. The van der Waals surface area contributed by atoms with Crippen molar-refractivity contribution < 1.29 is 41.1 Å². The fourth-order valence-electron chi connectivity index (χ4n) is 3.46. The highest BCUT2D eigenvalue weighted by Crippen LogP contribution is 2.32. The lowest BCUT2D eigenvalue weighted by Gasteiger charge is -2.34.